The molecular formula is C17H23NO3. The number of carboxylic acids is 1. The van der Waals surface area contributed by atoms with Gasteiger partial charge in [0.25, 0.3) is 0 Å². The maximum Gasteiger partial charge on any atom is 0.335 e. The van der Waals surface area contributed by atoms with E-state index in [9.17, 15) is 4.79 Å². The zero-order valence-corrected chi connectivity index (χ0v) is 12.3. The third-order valence-electron chi connectivity index (χ3n) is 3.64. The van der Waals surface area contributed by atoms with Gasteiger partial charge in [-0.1, -0.05) is 17.7 Å². The van der Waals surface area contributed by atoms with E-state index in [1.54, 1.807) is 29.8 Å². The van der Waals surface area contributed by atoms with Crippen LogP contribution in [0.3, 0.4) is 0 Å². The predicted octanol–water partition coefficient (Wildman–Crippen LogP) is 3.24. The van der Waals surface area contributed by atoms with Crippen molar-refractivity contribution >= 4 is 5.97 Å². The summed E-state index contributed by atoms with van der Waals surface area (Å²) in [5, 5.41) is 12.3. The fraction of sp³-hybridized carbons (Fsp3) is 0.471. The summed E-state index contributed by atoms with van der Waals surface area (Å²) in [5.74, 6) is -0.328. The van der Waals surface area contributed by atoms with Gasteiger partial charge in [0.05, 0.1) is 5.56 Å². The molecule has 4 heteroatoms. The third kappa shape index (κ3) is 5.60. The lowest BCUT2D eigenvalue weighted by Crippen LogP contribution is -2.22. The smallest absolute Gasteiger partial charge is 0.335 e. The molecule has 1 aliphatic rings. The highest BCUT2D eigenvalue weighted by Crippen LogP contribution is 2.19. The number of nitrogens with one attached hydrogen (secondary N) is 1. The van der Waals surface area contributed by atoms with Crippen LogP contribution in [0.1, 0.15) is 42.5 Å². The Bertz CT molecular complexity index is 497. The van der Waals surface area contributed by atoms with Crippen LogP contribution in [0.2, 0.25) is 0 Å². The molecule has 2 rings (SSSR count). The number of carboxylic acid groups (broad SMARTS) is 1. The summed E-state index contributed by atoms with van der Waals surface area (Å²) < 4.78 is 5.55. The molecule has 0 saturated carbocycles. The molecule has 0 fully saturated rings. The van der Waals surface area contributed by atoms with Crippen molar-refractivity contribution in [3.05, 3.63) is 41.5 Å². The first-order valence-electron chi connectivity index (χ1n) is 7.60. The number of hydrogen-bond donors (Lipinski definition) is 2. The fourth-order valence-electron chi connectivity index (χ4n) is 2.47. The highest BCUT2D eigenvalue weighted by Gasteiger charge is 2.04. The maximum absolute atomic E-state index is 10.8. The van der Waals surface area contributed by atoms with E-state index in [-0.39, 0.29) is 5.56 Å². The van der Waals surface area contributed by atoms with Gasteiger partial charge < -0.3 is 15.2 Å². The van der Waals surface area contributed by atoms with Crippen LogP contribution in [0.4, 0.5) is 0 Å². The lowest BCUT2D eigenvalue weighted by molar-refractivity contribution is 0.0696. The summed E-state index contributed by atoms with van der Waals surface area (Å²) in [6.45, 7) is 2.29. The minimum absolute atomic E-state index is 0.254. The van der Waals surface area contributed by atoms with E-state index in [2.05, 4.69) is 11.4 Å². The molecule has 0 radical (unpaired) electrons. The maximum atomic E-state index is 10.8. The van der Waals surface area contributed by atoms with Crippen LogP contribution < -0.4 is 10.1 Å². The number of benzene rings is 1. The van der Waals surface area contributed by atoms with Gasteiger partial charge in [-0.25, -0.2) is 4.79 Å². The standard InChI is InChI=1S/C17H23NO3/c19-17(20)15-7-4-8-16(13-15)21-12-11-18-10-9-14-5-2-1-3-6-14/h4-5,7-8,13,18H,1-3,6,9-12H2,(H,19,20). The molecule has 0 spiro atoms. The van der Waals surface area contributed by atoms with Crippen molar-refractivity contribution in [3.8, 4) is 5.75 Å². The Hall–Kier alpha value is -1.81. The molecule has 114 valence electrons. The molecule has 0 amide bonds. The van der Waals surface area contributed by atoms with Crippen molar-refractivity contribution in [3.63, 3.8) is 0 Å². The number of ether oxygens (including phenoxy) is 1. The van der Waals surface area contributed by atoms with Crippen LogP contribution in [0, 0.1) is 0 Å². The molecular weight excluding hydrogens is 266 g/mol. The first-order chi connectivity index (χ1) is 10.3. The van der Waals surface area contributed by atoms with Gasteiger partial charge in [0.1, 0.15) is 12.4 Å². The first-order valence-corrected chi connectivity index (χ1v) is 7.60. The largest absolute Gasteiger partial charge is 0.492 e. The Balaban J connectivity index is 1.60. The Kier molecular flexibility index (Phi) is 6.28. The molecule has 0 unspecified atom stereocenters. The van der Waals surface area contributed by atoms with E-state index in [1.807, 2.05) is 0 Å². The molecule has 1 aromatic carbocycles. The summed E-state index contributed by atoms with van der Waals surface area (Å²) in [6.07, 6.45) is 8.64. The van der Waals surface area contributed by atoms with Gasteiger partial charge in [-0.05, 0) is 56.8 Å². The molecule has 21 heavy (non-hydrogen) atoms. The van der Waals surface area contributed by atoms with E-state index in [4.69, 9.17) is 9.84 Å². The van der Waals surface area contributed by atoms with Crippen LogP contribution >= 0.6 is 0 Å². The van der Waals surface area contributed by atoms with Crippen LogP contribution in [-0.4, -0.2) is 30.8 Å². The minimum Gasteiger partial charge on any atom is -0.492 e. The molecule has 1 aliphatic carbocycles. The lowest BCUT2D eigenvalue weighted by Gasteiger charge is -2.13. The molecule has 0 atom stereocenters. The van der Waals surface area contributed by atoms with E-state index in [0.29, 0.717) is 12.4 Å². The second-order valence-electron chi connectivity index (χ2n) is 5.29. The first kappa shape index (κ1) is 15.6. The number of allylic oxidation sites excluding steroid dienone is 1. The summed E-state index contributed by atoms with van der Waals surface area (Å²) >= 11 is 0. The van der Waals surface area contributed by atoms with E-state index in [0.717, 1.165) is 19.5 Å². The zero-order valence-electron chi connectivity index (χ0n) is 12.3. The topological polar surface area (TPSA) is 58.6 Å². The number of rotatable bonds is 8. The Morgan fingerprint density at radius 1 is 1.29 bits per heavy atom. The number of aromatic carboxylic acids is 1. The van der Waals surface area contributed by atoms with Crippen LogP contribution in [0.5, 0.6) is 5.75 Å². The lowest BCUT2D eigenvalue weighted by atomic mass is 9.97. The molecule has 0 bridgehead atoms. The van der Waals surface area contributed by atoms with Crippen molar-refractivity contribution in [2.45, 2.75) is 32.1 Å². The van der Waals surface area contributed by atoms with Gasteiger partial charge in [0.15, 0.2) is 0 Å². The average molecular weight is 289 g/mol. The molecule has 4 nitrogen and oxygen atoms in total. The Labute approximate surface area is 125 Å². The second-order valence-corrected chi connectivity index (χ2v) is 5.29. The summed E-state index contributed by atoms with van der Waals surface area (Å²) in [6, 6.07) is 6.58. The normalized spacial score (nSPS) is 14.6. The van der Waals surface area contributed by atoms with E-state index in [1.165, 1.54) is 25.7 Å². The average Bonchev–Trinajstić information content (AvgIpc) is 2.52. The van der Waals surface area contributed by atoms with Gasteiger partial charge in [-0.3, -0.25) is 0 Å². The van der Waals surface area contributed by atoms with Gasteiger partial charge in [-0.15, -0.1) is 0 Å². The van der Waals surface area contributed by atoms with Gasteiger partial charge in [-0.2, -0.15) is 0 Å². The van der Waals surface area contributed by atoms with Crippen molar-refractivity contribution in [1.82, 2.24) is 5.32 Å². The molecule has 1 aromatic rings. The van der Waals surface area contributed by atoms with Crippen molar-refractivity contribution < 1.29 is 14.6 Å². The monoisotopic (exact) mass is 289 g/mol. The zero-order chi connectivity index (χ0) is 14.9. The van der Waals surface area contributed by atoms with Gasteiger partial charge in [0, 0.05) is 6.54 Å². The highest BCUT2D eigenvalue weighted by atomic mass is 16.5. The number of hydrogen-bond acceptors (Lipinski definition) is 3. The Morgan fingerprint density at radius 3 is 2.95 bits per heavy atom. The van der Waals surface area contributed by atoms with Gasteiger partial charge >= 0.3 is 5.97 Å². The fourth-order valence-corrected chi connectivity index (χ4v) is 2.47. The van der Waals surface area contributed by atoms with Crippen molar-refractivity contribution in [2.24, 2.45) is 0 Å². The van der Waals surface area contributed by atoms with E-state index >= 15 is 0 Å². The van der Waals surface area contributed by atoms with Crippen molar-refractivity contribution in [2.75, 3.05) is 19.7 Å². The second kappa shape index (κ2) is 8.47. The predicted molar refractivity (Wildman–Crippen MR) is 82.9 cm³/mol. The van der Waals surface area contributed by atoms with Crippen LogP contribution in [0.15, 0.2) is 35.9 Å². The number of carbonyl (C=O) groups is 1. The summed E-state index contributed by atoms with van der Waals surface area (Å²) in [4.78, 5) is 10.8. The van der Waals surface area contributed by atoms with E-state index < -0.39 is 5.97 Å². The molecule has 0 aromatic heterocycles. The Morgan fingerprint density at radius 2 is 2.19 bits per heavy atom. The van der Waals surface area contributed by atoms with Crippen LogP contribution in [-0.2, 0) is 0 Å². The molecule has 0 heterocycles. The quantitative estimate of drug-likeness (QED) is 0.570. The summed E-state index contributed by atoms with van der Waals surface area (Å²) in [7, 11) is 0. The summed E-state index contributed by atoms with van der Waals surface area (Å²) in [5.41, 5.74) is 1.83. The third-order valence-corrected chi connectivity index (χ3v) is 3.64. The SMILES string of the molecule is O=C(O)c1cccc(OCCNCCC2=CCCCC2)c1. The molecule has 0 saturated heterocycles. The van der Waals surface area contributed by atoms with Crippen LogP contribution in [0.25, 0.3) is 0 Å². The van der Waals surface area contributed by atoms with Gasteiger partial charge in [0.2, 0.25) is 0 Å². The van der Waals surface area contributed by atoms with Crippen molar-refractivity contribution in [1.29, 1.82) is 0 Å². The molecule has 2 N–H and O–H groups in total. The minimum atomic E-state index is -0.931. The molecule has 0 aliphatic heterocycles. The highest BCUT2D eigenvalue weighted by molar-refractivity contribution is 5.87.